The lowest BCUT2D eigenvalue weighted by Gasteiger charge is -2.07. The Morgan fingerprint density at radius 2 is 1.92 bits per heavy atom. The van der Waals surface area contributed by atoms with E-state index in [0.29, 0.717) is 28.8 Å². The van der Waals surface area contributed by atoms with Crippen molar-refractivity contribution in [3.05, 3.63) is 70.6 Å². The molecule has 0 aliphatic carbocycles. The molecule has 0 bridgehead atoms. The zero-order valence-corrected chi connectivity index (χ0v) is 15.7. The molecule has 1 N–H and O–H groups in total. The molecule has 0 saturated heterocycles. The van der Waals surface area contributed by atoms with Crippen molar-refractivity contribution in [1.29, 1.82) is 0 Å². The van der Waals surface area contributed by atoms with Crippen LogP contribution in [0.1, 0.15) is 17.0 Å². The van der Waals surface area contributed by atoms with Gasteiger partial charge in [0.2, 0.25) is 21.8 Å². The fraction of sp³-hybridized carbons (Fsp3) is 0.222. The van der Waals surface area contributed by atoms with E-state index in [1.807, 2.05) is 31.2 Å². The van der Waals surface area contributed by atoms with Crippen LogP contribution in [0, 0.1) is 6.92 Å². The summed E-state index contributed by atoms with van der Waals surface area (Å²) in [6.07, 6.45) is 0.306. The van der Waals surface area contributed by atoms with Gasteiger partial charge in [-0.3, -0.25) is 0 Å². The van der Waals surface area contributed by atoms with E-state index in [0.717, 1.165) is 11.1 Å². The van der Waals surface area contributed by atoms with Crippen molar-refractivity contribution in [3.8, 4) is 11.5 Å². The number of benzene rings is 2. The van der Waals surface area contributed by atoms with Crippen molar-refractivity contribution in [2.45, 2.75) is 19.1 Å². The molecule has 3 rings (SSSR count). The average molecular weight is 392 g/mol. The maximum Gasteiger partial charge on any atom is 0.247 e. The van der Waals surface area contributed by atoms with Crippen molar-refractivity contribution >= 4 is 21.6 Å². The molecule has 26 heavy (non-hydrogen) atoms. The average Bonchev–Trinajstić information content (AvgIpc) is 3.05. The van der Waals surface area contributed by atoms with Gasteiger partial charge in [-0.15, -0.1) is 10.2 Å². The lowest BCUT2D eigenvalue weighted by atomic mass is 10.1. The number of rotatable bonds is 7. The Labute approximate surface area is 157 Å². The summed E-state index contributed by atoms with van der Waals surface area (Å²) < 4.78 is 32.5. The summed E-state index contributed by atoms with van der Waals surface area (Å²) in [5.41, 5.74) is 2.49. The maximum absolute atomic E-state index is 12.2. The number of hydrogen-bond acceptors (Lipinski definition) is 5. The van der Waals surface area contributed by atoms with Crippen LogP contribution in [0.25, 0.3) is 11.5 Å². The molecular weight excluding hydrogens is 374 g/mol. The Kier molecular flexibility index (Phi) is 5.70. The summed E-state index contributed by atoms with van der Waals surface area (Å²) in [5.74, 6) is 0.620. The van der Waals surface area contributed by atoms with Gasteiger partial charge in [0.25, 0.3) is 0 Å². The number of sulfonamides is 1. The van der Waals surface area contributed by atoms with Crippen LogP contribution in [0.4, 0.5) is 0 Å². The molecule has 3 aromatic rings. The number of aromatic nitrogens is 2. The second kappa shape index (κ2) is 7.99. The van der Waals surface area contributed by atoms with Crippen LogP contribution in [-0.2, 0) is 22.2 Å². The van der Waals surface area contributed by atoms with E-state index in [1.54, 1.807) is 24.3 Å². The van der Waals surface area contributed by atoms with E-state index in [4.69, 9.17) is 16.0 Å². The van der Waals surface area contributed by atoms with Crippen LogP contribution in [0.2, 0.25) is 5.02 Å². The fourth-order valence-electron chi connectivity index (χ4n) is 2.43. The fourth-order valence-corrected chi connectivity index (χ4v) is 3.89. The molecule has 0 spiro atoms. The molecule has 2 aromatic carbocycles. The highest BCUT2D eigenvalue weighted by atomic mass is 35.5. The Morgan fingerprint density at radius 1 is 1.12 bits per heavy atom. The van der Waals surface area contributed by atoms with E-state index in [-0.39, 0.29) is 12.3 Å². The summed E-state index contributed by atoms with van der Waals surface area (Å²) in [6, 6.07) is 14.6. The molecule has 8 heteroatoms. The van der Waals surface area contributed by atoms with Crippen molar-refractivity contribution in [2.75, 3.05) is 6.54 Å². The number of aryl methyl sites for hydroxylation is 1. The van der Waals surface area contributed by atoms with Gasteiger partial charge in [-0.2, -0.15) is 0 Å². The van der Waals surface area contributed by atoms with E-state index in [2.05, 4.69) is 14.9 Å². The lowest BCUT2D eigenvalue weighted by molar-refractivity contribution is 0.502. The molecule has 6 nitrogen and oxygen atoms in total. The van der Waals surface area contributed by atoms with E-state index in [1.165, 1.54) is 0 Å². The first kappa shape index (κ1) is 18.6. The number of halogens is 1. The van der Waals surface area contributed by atoms with Gasteiger partial charge in [-0.05, 0) is 30.7 Å². The van der Waals surface area contributed by atoms with Crippen LogP contribution in [-0.4, -0.2) is 25.2 Å². The van der Waals surface area contributed by atoms with Gasteiger partial charge in [0, 0.05) is 23.6 Å². The van der Waals surface area contributed by atoms with E-state index >= 15 is 0 Å². The van der Waals surface area contributed by atoms with E-state index in [9.17, 15) is 8.42 Å². The second-order valence-electron chi connectivity index (χ2n) is 5.87. The topological polar surface area (TPSA) is 85.1 Å². The van der Waals surface area contributed by atoms with Crippen molar-refractivity contribution in [1.82, 2.24) is 14.9 Å². The Hall–Kier alpha value is -2.22. The van der Waals surface area contributed by atoms with Gasteiger partial charge in [-0.1, -0.05) is 47.5 Å². The molecule has 0 aliphatic rings. The van der Waals surface area contributed by atoms with Crippen LogP contribution in [0.5, 0.6) is 0 Å². The molecule has 0 aliphatic heterocycles. The summed E-state index contributed by atoms with van der Waals surface area (Å²) in [6.45, 7) is 2.15. The third-order valence-electron chi connectivity index (χ3n) is 3.70. The summed E-state index contributed by atoms with van der Waals surface area (Å²) in [5, 5.41) is 8.41. The van der Waals surface area contributed by atoms with Crippen LogP contribution >= 0.6 is 11.6 Å². The first-order valence-electron chi connectivity index (χ1n) is 8.03. The minimum Gasteiger partial charge on any atom is -0.421 e. The molecule has 1 heterocycles. The Balaban J connectivity index is 1.57. The molecule has 136 valence electrons. The van der Waals surface area contributed by atoms with E-state index < -0.39 is 10.0 Å². The monoisotopic (exact) mass is 391 g/mol. The van der Waals surface area contributed by atoms with Gasteiger partial charge in [-0.25, -0.2) is 13.1 Å². The minimum atomic E-state index is -3.50. The molecule has 0 amide bonds. The van der Waals surface area contributed by atoms with Crippen LogP contribution in [0.15, 0.2) is 52.9 Å². The Morgan fingerprint density at radius 3 is 2.69 bits per heavy atom. The molecule has 0 fully saturated rings. The first-order valence-corrected chi connectivity index (χ1v) is 10.1. The van der Waals surface area contributed by atoms with Crippen LogP contribution in [0.3, 0.4) is 0 Å². The third kappa shape index (κ3) is 4.91. The molecular formula is C18H18ClN3O3S. The normalized spacial score (nSPS) is 11.6. The van der Waals surface area contributed by atoms with Gasteiger partial charge < -0.3 is 4.42 Å². The van der Waals surface area contributed by atoms with Gasteiger partial charge in [0.05, 0.1) is 5.75 Å². The Bertz CT molecular complexity index is 1000. The number of nitrogens with zero attached hydrogens (tertiary/aromatic N) is 2. The quantitative estimate of drug-likeness (QED) is 0.667. The van der Waals surface area contributed by atoms with Crippen molar-refractivity contribution in [2.24, 2.45) is 0 Å². The SMILES string of the molecule is Cc1cccc(-c2nnc(CCNS(=O)(=O)Cc3ccccc3Cl)o2)c1. The molecule has 0 radical (unpaired) electrons. The van der Waals surface area contributed by atoms with Gasteiger partial charge >= 0.3 is 0 Å². The lowest BCUT2D eigenvalue weighted by Crippen LogP contribution is -2.27. The molecule has 0 unspecified atom stereocenters. The number of hydrogen-bond donors (Lipinski definition) is 1. The minimum absolute atomic E-state index is 0.169. The highest BCUT2D eigenvalue weighted by Crippen LogP contribution is 2.19. The zero-order chi connectivity index (χ0) is 18.6. The molecule has 0 saturated carbocycles. The number of nitrogens with one attached hydrogen (secondary N) is 1. The van der Waals surface area contributed by atoms with Crippen LogP contribution < -0.4 is 4.72 Å². The molecule has 0 atom stereocenters. The molecule has 1 aromatic heterocycles. The third-order valence-corrected chi connectivity index (χ3v) is 5.40. The van der Waals surface area contributed by atoms with Gasteiger partial charge in [0.1, 0.15) is 0 Å². The second-order valence-corrected chi connectivity index (χ2v) is 8.08. The summed E-state index contributed by atoms with van der Waals surface area (Å²) in [7, 11) is -3.50. The highest BCUT2D eigenvalue weighted by molar-refractivity contribution is 7.88. The van der Waals surface area contributed by atoms with Gasteiger partial charge in [0.15, 0.2) is 0 Å². The zero-order valence-electron chi connectivity index (χ0n) is 14.1. The predicted octanol–water partition coefficient (Wildman–Crippen LogP) is 3.36. The predicted molar refractivity (Wildman–Crippen MR) is 100 cm³/mol. The highest BCUT2D eigenvalue weighted by Gasteiger charge is 2.14. The smallest absolute Gasteiger partial charge is 0.247 e. The standard InChI is InChI=1S/C18H18ClN3O3S/c1-13-5-4-7-14(11-13)18-22-21-17(25-18)9-10-20-26(23,24)12-15-6-2-3-8-16(15)19/h2-8,11,20H,9-10,12H2,1H3. The largest absolute Gasteiger partial charge is 0.421 e. The van der Waals surface area contributed by atoms with Crippen molar-refractivity contribution in [3.63, 3.8) is 0 Å². The first-order chi connectivity index (χ1) is 12.4. The summed E-state index contributed by atoms with van der Waals surface area (Å²) in [4.78, 5) is 0. The summed E-state index contributed by atoms with van der Waals surface area (Å²) >= 11 is 6.01. The van der Waals surface area contributed by atoms with Crippen molar-refractivity contribution < 1.29 is 12.8 Å². The maximum atomic E-state index is 12.2.